The van der Waals surface area contributed by atoms with E-state index in [2.05, 4.69) is 0 Å². The molecule has 114 valence electrons. The molecule has 0 fully saturated rings. The summed E-state index contributed by atoms with van der Waals surface area (Å²) in [7, 11) is 0. The minimum atomic E-state index is -0.455. The van der Waals surface area contributed by atoms with Crippen LogP contribution in [0.4, 0.5) is 0 Å². The Bertz CT molecular complexity index is 650. The largest absolute Gasteiger partial charge is 0.489 e. The summed E-state index contributed by atoms with van der Waals surface area (Å²) in [6, 6.07) is 17.2. The van der Waals surface area contributed by atoms with Crippen LogP contribution in [0.15, 0.2) is 60.7 Å². The van der Waals surface area contributed by atoms with Crippen LogP contribution in [0.5, 0.6) is 5.75 Å². The summed E-state index contributed by atoms with van der Waals surface area (Å²) in [5, 5.41) is 0.323. The van der Waals surface area contributed by atoms with Crippen molar-refractivity contribution in [2.75, 3.05) is 6.61 Å². The molecule has 0 aromatic heterocycles. The number of esters is 1. The van der Waals surface area contributed by atoms with Gasteiger partial charge in [0.05, 0.1) is 11.6 Å². The van der Waals surface area contributed by atoms with Gasteiger partial charge in [-0.1, -0.05) is 54.1 Å². The minimum Gasteiger partial charge on any atom is -0.489 e. The smallest absolute Gasteiger partial charge is 0.332 e. The molecule has 22 heavy (non-hydrogen) atoms. The first-order chi connectivity index (χ1) is 10.7. The molecule has 0 radical (unpaired) electrons. The first kappa shape index (κ1) is 16.1. The summed E-state index contributed by atoms with van der Waals surface area (Å²) >= 11 is 6.13. The van der Waals surface area contributed by atoms with Crippen LogP contribution >= 0.6 is 11.6 Å². The van der Waals surface area contributed by atoms with Crippen LogP contribution in [0.3, 0.4) is 0 Å². The third-order valence-electron chi connectivity index (χ3n) is 2.89. The Morgan fingerprint density at radius 3 is 2.64 bits per heavy atom. The summed E-state index contributed by atoms with van der Waals surface area (Å²) in [6.07, 6.45) is 1.27. The van der Waals surface area contributed by atoms with E-state index in [1.807, 2.05) is 48.5 Å². The van der Waals surface area contributed by atoms with Gasteiger partial charge in [-0.2, -0.15) is 0 Å². The van der Waals surface area contributed by atoms with E-state index in [1.165, 1.54) is 6.08 Å². The Kier molecular flexibility index (Phi) is 6.04. The van der Waals surface area contributed by atoms with Crippen molar-refractivity contribution in [3.8, 4) is 5.75 Å². The van der Waals surface area contributed by atoms with Crippen LogP contribution in [-0.4, -0.2) is 12.6 Å². The van der Waals surface area contributed by atoms with Crippen LogP contribution in [0.2, 0.25) is 0 Å². The fourth-order valence-electron chi connectivity index (χ4n) is 1.85. The fourth-order valence-corrected chi connectivity index (χ4v) is 2.05. The molecule has 0 atom stereocenters. The van der Waals surface area contributed by atoms with Crippen molar-refractivity contribution in [3.05, 3.63) is 71.8 Å². The first-order valence-electron chi connectivity index (χ1n) is 7.00. The van der Waals surface area contributed by atoms with Gasteiger partial charge in [-0.25, -0.2) is 4.79 Å². The molecule has 0 bridgehead atoms. The van der Waals surface area contributed by atoms with Crippen molar-refractivity contribution in [2.24, 2.45) is 0 Å². The normalized spacial score (nSPS) is 11.1. The van der Waals surface area contributed by atoms with Gasteiger partial charge in [0.1, 0.15) is 12.4 Å². The molecular weight excluding hydrogens is 300 g/mol. The van der Waals surface area contributed by atoms with Gasteiger partial charge in [0, 0.05) is 6.08 Å². The van der Waals surface area contributed by atoms with E-state index in [0.717, 1.165) is 5.56 Å². The maximum absolute atomic E-state index is 11.4. The van der Waals surface area contributed by atoms with Gasteiger partial charge in [-0.15, -0.1) is 0 Å². The van der Waals surface area contributed by atoms with E-state index < -0.39 is 5.97 Å². The Morgan fingerprint density at radius 1 is 1.14 bits per heavy atom. The number of ether oxygens (including phenoxy) is 2. The molecule has 0 aliphatic carbocycles. The van der Waals surface area contributed by atoms with E-state index >= 15 is 0 Å². The van der Waals surface area contributed by atoms with Crippen molar-refractivity contribution < 1.29 is 14.3 Å². The molecule has 2 aromatic carbocycles. The highest BCUT2D eigenvalue weighted by Gasteiger charge is 2.05. The Balaban J connectivity index is 2.05. The molecule has 0 aliphatic heterocycles. The van der Waals surface area contributed by atoms with Crippen LogP contribution in [-0.2, 0) is 16.1 Å². The van der Waals surface area contributed by atoms with E-state index in [-0.39, 0.29) is 0 Å². The number of hydrogen-bond donors (Lipinski definition) is 0. The second-order valence-electron chi connectivity index (χ2n) is 4.55. The number of halogens is 1. The van der Waals surface area contributed by atoms with Crippen molar-refractivity contribution >= 4 is 22.6 Å². The summed E-state index contributed by atoms with van der Waals surface area (Å²) in [5.41, 5.74) is 1.79. The SMILES string of the molecule is CCOC(=O)C=C(Cl)c1cccc(OCc2ccccc2)c1. The fraction of sp³-hybridized carbons (Fsp3) is 0.167. The van der Waals surface area contributed by atoms with Crippen molar-refractivity contribution in [3.63, 3.8) is 0 Å². The second kappa shape index (κ2) is 8.25. The number of carbonyl (C=O) groups is 1. The lowest BCUT2D eigenvalue weighted by Crippen LogP contribution is -2.00. The molecule has 0 aliphatic rings. The standard InChI is InChI=1S/C18H17ClO3/c1-2-21-18(20)12-17(19)15-9-6-10-16(11-15)22-13-14-7-4-3-5-8-14/h3-12H,2,13H2,1H3. The predicted molar refractivity (Wildman–Crippen MR) is 87.7 cm³/mol. The predicted octanol–water partition coefficient (Wildman–Crippen LogP) is 4.41. The summed E-state index contributed by atoms with van der Waals surface area (Å²) < 4.78 is 10.6. The lowest BCUT2D eigenvalue weighted by Gasteiger charge is -2.08. The first-order valence-corrected chi connectivity index (χ1v) is 7.38. The second-order valence-corrected chi connectivity index (χ2v) is 4.95. The zero-order chi connectivity index (χ0) is 15.8. The van der Waals surface area contributed by atoms with E-state index in [4.69, 9.17) is 21.1 Å². The Hall–Kier alpha value is -2.26. The van der Waals surface area contributed by atoms with Gasteiger partial charge in [0.2, 0.25) is 0 Å². The molecule has 2 aromatic rings. The maximum Gasteiger partial charge on any atom is 0.332 e. The van der Waals surface area contributed by atoms with Crippen LogP contribution < -0.4 is 4.74 Å². The average Bonchev–Trinajstić information content (AvgIpc) is 2.54. The Labute approximate surface area is 135 Å². The molecule has 0 saturated heterocycles. The van der Waals surface area contributed by atoms with Gasteiger partial charge in [-0.3, -0.25) is 0 Å². The highest BCUT2D eigenvalue weighted by molar-refractivity contribution is 6.50. The quantitative estimate of drug-likeness (QED) is 0.585. The topological polar surface area (TPSA) is 35.5 Å². The zero-order valence-electron chi connectivity index (χ0n) is 12.3. The highest BCUT2D eigenvalue weighted by atomic mass is 35.5. The molecule has 0 N–H and O–H groups in total. The lowest BCUT2D eigenvalue weighted by atomic mass is 10.2. The number of benzene rings is 2. The highest BCUT2D eigenvalue weighted by Crippen LogP contribution is 2.24. The van der Waals surface area contributed by atoms with E-state index in [0.29, 0.717) is 29.6 Å². The summed E-state index contributed by atoms with van der Waals surface area (Å²) in [6.45, 7) is 2.54. The molecule has 2 rings (SSSR count). The molecule has 0 unspecified atom stereocenters. The van der Waals surface area contributed by atoms with Gasteiger partial charge >= 0.3 is 5.97 Å². The van der Waals surface area contributed by atoms with Crippen LogP contribution in [0.1, 0.15) is 18.1 Å². The average molecular weight is 317 g/mol. The zero-order valence-corrected chi connectivity index (χ0v) is 13.0. The summed E-state index contributed by atoms with van der Waals surface area (Å²) in [4.78, 5) is 11.4. The van der Waals surface area contributed by atoms with E-state index in [9.17, 15) is 4.79 Å². The molecule has 0 saturated carbocycles. The number of rotatable bonds is 6. The molecule has 0 heterocycles. The maximum atomic E-state index is 11.4. The van der Waals surface area contributed by atoms with Crippen molar-refractivity contribution in [1.82, 2.24) is 0 Å². The molecule has 4 heteroatoms. The minimum absolute atomic E-state index is 0.319. The molecule has 0 spiro atoms. The molecular formula is C18H17ClO3. The van der Waals surface area contributed by atoms with E-state index in [1.54, 1.807) is 13.0 Å². The van der Waals surface area contributed by atoms with Gasteiger partial charge < -0.3 is 9.47 Å². The monoisotopic (exact) mass is 316 g/mol. The molecule has 3 nitrogen and oxygen atoms in total. The van der Waals surface area contributed by atoms with Gasteiger partial charge in [0.25, 0.3) is 0 Å². The van der Waals surface area contributed by atoms with Crippen LogP contribution in [0.25, 0.3) is 5.03 Å². The van der Waals surface area contributed by atoms with Gasteiger partial charge in [0.15, 0.2) is 0 Å². The van der Waals surface area contributed by atoms with Gasteiger partial charge in [-0.05, 0) is 30.2 Å². The third-order valence-corrected chi connectivity index (χ3v) is 3.22. The number of carbonyl (C=O) groups excluding carboxylic acids is 1. The van der Waals surface area contributed by atoms with Crippen LogP contribution in [0, 0.1) is 0 Å². The molecule has 0 amide bonds. The van der Waals surface area contributed by atoms with Crippen molar-refractivity contribution in [1.29, 1.82) is 0 Å². The summed E-state index contributed by atoms with van der Waals surface area (Å²) in [5.74, 6) is 0.236. The third kappa shape index (κ3) is 4.93. The lowest BCUT2D eigenvalue weighted by molar-refractivity contribution is -0.137. The van der Waals surface area contributed by atoms with Crippen molar-refractivity contribution in [2.45, 2.75) is 13.5 Å². The number of hydrogen-bond acceptors (Lipinski definition) is 3. The Morgan fingerprint density at radius 2 is 1.91 bits per heavy atom.